The number of hydrogen-bond donors (Lipinski definition) is 3. The Balaban J connectivity index is 1.45. The molecule has 0 spiro atoms. The van der Waals surface area contributed by atoms with Gasteiger partial charge in [0.2, 0.25) is 5.95 Å². The molecule has 0 bridgehead atoms. The van der Waals surface area contributed by atoms with Crippen LogP contribution in [0.15, 0.2) is 55.5 Å². The van der Waals surface area contributed by atoms with Crippen molar-refractivity contribution in [2.24, 2.45) is 5.73 Å². The highest BCUT2D eigenvalue weighted by Crippen LogP contribution is 2.41. The van der Waals surface area contributed by atoms with Crippen LogP contribution in [0.2, 0.25) is 0 Å². The van der Waals surface area contributed by atoms with Crippen LogP contribution >= 0.6 is 7.14 Å². The predicted molar refractivity (Wildman–Crippen MR) is 163 cm³/mol. The molecule has 2 aromatic carbocycles. The minimum atomic E-state index is -2.72. The summed E-state index contributed by atoms with van der Waals surface area (Å²) in [5, 5.41) is 7.37. The van der Waals surface area contributed by atoms with Crippen molar-refractivity contribution in [1.82, 2.24) is 19.9 Å². The minimum absolute atomic E-state index is 0.297. The van der Waals surface area contributed by atoms with Crippen LogP contribution in [0.4, 0.5) is 28.8 Å². The smallest absolute Gasteiger partial charge is 0.229 e. The number of benzene rings is 2. The van der Waals surface area contributed by atoms with Crippen molar-refractivity contribution in [3.8, 4) is 0 Å². The van der Waals surface area contributed by atoms with Crippen LogP contribution < -0.4 is 26.6 Å². The molecule has 0 amide bonds. The zero-order chi connectivity index (χ0) is 27.6. The first-order chi connectivity index (χ1) is 18.8. The van der Waals surface area contributed by atoms with Crippen molar-refractivity contribution >= 4 is 58.4 Å². The average Bonchev–Trinajstić information content (AvgIpc) is 2.93. The monoisotopic (exact) mass is 542 g/mol. The Bertz CT molecular complexity index is 1560. The molecule has 9 nitrogen and oxygen atoms in total. The Morgan fingerprint density at radius 3 is 2.59 bits per heavy atom. The second kappa shape index (κ2) is 11.1. The largest absolute Gasteiger partial charge is 0.371 e. The molecule has 3 heterocycles. The summed E-state index contributed by atoms with van der Waals surface area (Å²) in [7, 11) is -2.72. The Morgan fingerprint density at radius 1 is 1.10 bits per heavy atom. The fourth-order valence-electron chi connectivity index (χ4n) is 5.02. The van der Waals surface area contributed by atoms with Crippen LogP contribution in [0, 0.1) is 0 Å². The Labute approximate surface area is 229 Å². The van der Waals surface area contributed by atoms with Crippen LogP contribution in [0.5, 0.6) is 0 Å². The second-order valence-electron chi connectivity index (χ2n) is 10.2. The van der Waals surface area contributed by atoms with Gasteiger partial charge in [-0.2, -0.15) is 4.98 Å². The molecule has 1 aliphatic rings. The van der Waals surface area contributed by atoms with E-state index in [4.69, 9.17) is 10.7 Å². The van der Waals surface area contributed by atoms with Crippen molar-refractivity contribution in [3.05, 3.63) is 66.6 Å². The molecule has 0 saturated carbocycles. The summed E-state index contributed by atoms with van der Waals surface area (Å²) in [6, 6.07) is 10.4. The van der Waals surface area contributed by atoms with Crippen molar-refractivity contribution in [1.29, 1.82) is 0 Å². The van der Waals surface area contributed by atoms with Gasteiger partial charge < -0.3 is 25.8 Å². The molecular weight excluding hydrogens is 507 g/mol. The van der Waals surface area contributed by atoms with E-state index >= 15 is 0 Å². The highest BCUT2D eigenvalue weighted by atomic mass is 31.2. The zero-order valence-electron chi connectivity index (χ0n) is 22.7. The molecule has 5 rings (SSSR count). The SMILES string of the molecule is C=Cc1cnc(Nc2ccc(N3CCC(N)CC3)c(CC)c2)nc1Nc1ccc2nccnc2c1P(C)(C)=O. The number of piperidine rings is 1. The molecule has 0 atom stereocenters. The van der Waals surface area contributed by atoms with Crippen LogP contribution in [-0.2, 0) is 11.0 Å². The first kappa shape index (κ1) is 26.8. The number of nitrogens with one attached hydrogen (secondary N) is 2. The lowest BCUT2D eigenvalue weighted by molar-refractivity contribution is 0.500. The van der Waals surface area contributed by atoms with E-state index in [1.165, 1.54) is 11.3 Å². The van der Waals surface area contributed by atoms with Gasteiger partial charge in [-0.1, -0.05) is 19.6 Å². The number of nitrogens with two attached hydrogens (primary N) is 1. The molecular formula is C29H35N8OP. The molecule has 2 aromatic heterocycles. The van der Waals surface area contributed by atoms with Crippen LogP contribution in [0.1, 0.15) is 30.9 Å². The maximum atomic E-state index is 13.3. The lowest BCUT2D eigenvalue weighted by Gasteiger charge is -2.33. The number of nitrogens with zero attached hydrogens (tertiary/aromatic N) is 5. The van der Waals surface area contributed by atoms with Gasteiger partial charge in [-0.25, -0.2) is 4.98 Å². The minimum Gasteiger partial charge on any atom is -0.371 e. The number of anilines is 5. The van der Waals surface area contributed by atoms with Gasteiger partial charge in [0.15, 0.2) is 0 Å². The Morgan fingerprint density at radius 2 is 1.87 bits per heavy atom. The number of aromatic nitrogens is 4. The maximum absolute atomic E-state index is 13.3. The third kappa shape index (κ3) is 5.79. The third-order valence-corrected chi connectivity index (χ3v) is 8.57. The summed E-state index contributed by atoms with van der Waals surface area (Å²) < 4.78 is 13.3. The van der Waals surface area contributed by atoms with E-state index in [2.05, 4.69) is 62.2 Å². The summed E-state index contributed by atoms with van der Waals surface area (Å²) in [4.78, 5) is 20.6. The summed E-state index contributed by atoms with van der Waals surface area (Å²) in [6.45, 7) is 11.5. The predicted octanol–water partition coefficient (Wildman–Crippen LogP) is 5.29. The molecule has 202 valence electrons. The normalized spacial score (nSPS) is 14.4. The van der Waals surface area contributed by atoms with Gasteiger partial charge in [0, 0.05) is 54.7 Å². The average molecular weight is 543 g/mol. The van der Waals surface area contributed by atoms with Gasteiger partial charge >= 0.3 is 0 Å². The summed E-state index contributed by atoms with van der Waals surface area (Å²) >= 11 is 0. The first-order valence-electron chi connectivity index (χ1n) is 13.2. The third-order valence-electron chi connectivity index (χ3n) is 7.04. The molecule has 0 aliphatic carbocycles. The van der Waals surface area contributed by atoms with E-state index < -0.39 is 7.14 Å². The van der Waals surface area contributed by atoms with Crippen molar-refractivity contribution in [2.45, 2.75) is 32.2 Å². The van der Waals surface area contributed by atoms with Gasteiger partial charge in [0.25, 0.3) is 0 Å². The number of fused-ring (bicyclic) bond motifs is 1. The van der Waals surface area contributed by atoms with Gasteiger partial charge in [-0.05, 0) is 68.5 Å². The van der Waals surface area contributed by atoms with E-state index in [1.54, 1.807) is 38.0 Å². The fraction of sp³-hybridized carbons (Fsp3) is 0.310. The molecule has 4 N–H and O–H groups in total. The second-order valence-corrected chi connectivity index (χ2v) is 13.4. The lowest BCUT2D eigenvalue weighted by atomic mass is 10.0. The van der Waals surface area contributed by atoms with Crippen LogP contribution in [-0.4, -0.2) is 52.4 Å². The van der Waals surface area contributed by atoms with Crippen molar-refractivity contribution < 1.29 is 4.57 Å². The summed E-state index contributed by atoms with van der Waals surface area (Å²) in [6.07, 6.45) is 9.60. The highest BCUT2D eigenvalue weighted by molar-refractivity contribution is 7.71. The Hall–Kier alpha value is -3.81. The fourth-order valence-corrected chi connectivity index (χ4v) is 6.41. The molecule has 1 aliphatic heterocycles. The van der Waals surface area contributed by atoms with E-state index in [1.807, 2.05) is 12.1 Å². The lowest BCUT2D eigenvalue weighted by Crippen LogP contribution is -2.40. The van der Waals surface area contributed by atoms with Crippen LogP contribution in [0.25, 0.3) is 17.1 Å². The van der Waals surface area contributed by atoms with Gasteiger partial charge in [0.1, 0.15) is 18.5 Å². The van der Waals surface area contributed by atoms with Gasteiger partial charge in [0.05, 0.1) is 16.5 Å². The zero-order valence-corrected chi connectivity index (χ0v) is 23.6. The quantitative estimate of drug-likeness (QED) is 0.255. The van der Waals surface area contributed by atoms with E-state index in [9.17, 15) is 4.57 Å². The molecule has 0 radical (unpaired) electrons. The highest BCUT2D eigenvalue weighted by Gasteiger charge is 2.23. The number of hydrogen-bond acceptors (Lipinski definition) is 9. The molecule has 4 aromatic rings. The molecule has 1 fully saturated rings. The maximum Gasteiger partial charge on any atom is 0.229 e. The van der Waals surface area contributed by atoms with Crippen molar-refractivity contribution in [3.63, 3.8) is 0 Å². The van der Waals surface area contributed by atoms with E-state index in [-0.39, 0.29) is 0 Å². The van der Waals surface area contributed by atoms with Crippen molar-refractivity contribution in [2.75, 3.05) is 42.0 Å². The number of rotatable bonds is 8. The molecule has 0 unspecified atom stereocenters. The molecule has 1 saturated heterocycles. The number of aryl methyl sites for hydroxylation is 1. The molecule has 39 heavy (non-hydrogen) atoms. The molecule has 10 heteroatoms. The van der Waals surface area contributed by atoms with E-state index in [0.29, 0.717) is 39.8 Å². The topological polar surface area (TPSA) is 122 Å². The Kier molecular flexibility index (Phi) is 7.64. The van der Waals surface area contributed by atoms with Gasteiger partial charge in [-0.3, -0.25) is 9.97 Å². The summed E-state index contributed by atoms with van der Waals surface area (Å²) in [5.41, 5.74) is 12.2. The first-order valence-corrected chi connectivity index (χ1v) is 15.8. The summed E-state index contributed by atoms with van der Waals surface area (Å²) in [5.74, 6) is 0.998. The standard InChI is InChI=1S/C29H35N8OP/c1-5-19-17-22(7-10-25(19)37-15-11-21(30)12-16-37)34-29-33-18-20(6-2)28(36-29)35-24-9-8-23-26(32-14-13-31-23)27(24)39(3,4)38/h6-10,13-14,17-18,21H,2,5,11-12,15-16,30H2,1,3-4H3,(H2,33,34,35,36). The van der Waals surface area contributed by atoms with E-state index in [0.717, 1.165) is 43.6 Å². The van der Waals surface area contributed by atoms with Crippen LogP contribution in [0.3, 0.4) is 0 Å². The van der Waals surface area contributed by atoms with Gasteiger partial charge in [-0.15, -0.1) is 0 Å².